The molecule has 4 rings (SSSR count). The zero-order chi connectivity index (χ0) is 22.0. The lowest BCUT2D eigenvalue weighted by Crippen LogP contribution is -2.36. The fourth-order valence-electron chi connectivity index (χ4n) is 3.72. The quantitative estimate of drug-likeness (QED) is 0.494. The molecule has 31 heavy (non-hydrogen) atoms. The van der Waals surface area contributed by atoms with E-state index in [0.29, 0.717) is 16.7 Å². The third kappa shape index (κ3) is 4.57. The van der Waals surface area contributed by atoms with Gasteiger partial charge in [0.2, 0.25) is 0 Å². The van der Waals surface area contributed by atoms with E-state index in [1.165, 1.54) is 10.4 Å². The molecule has 0 amide bonds. The minimum absolute atomic E-state index is 0.114. The minimum atomic E-state index is -0.152. The van der Waals surface area contributed by atoms with Gasteiger partial charge < -0.3 is 9.64 Å². The van der Waals surface area contributed by atoms with E-state index in [-0.39, 0.29) is 11.5 Å². The lowest BCUT2D eigenvalue weighted by atomic mass is 10.1. The minimum Gasteiger partial charge on any atom is -0.378 e. The van der Waals surface area contributed by atoms with Gasteiger partial charge in [0.25, 0.3) is 5.56 Å². The van der Waals surface area contributed by atoms with Crippen molar-refractivity contribution in [3.63, 3.8) is 0 Å². The highest BCUT2D eigenvalue weighted by Gasteiger charge is 2.16. The average Bonchev–Trinajstić information content (AvgIpc) is 2.79. The summed E-state index contributed by atoms with van der Waals surface area (Å²) in [6, 6.07) is 11.9. The van der Waals surface area contributed by atoms with Crippen LogP contribution in [0.25, 0.3) is 10.9 Å². The number of nitrogens with zero attached hydrogens (tertiary/aromatic N) is 4. The topological polar surface area (TPSA) is 59.7 Å². The molecule has 2 aromatic carbocycles. The lowest BCUT2D eigenvalue weighted by Gasteiger charge is -2.29. The summed E-state index contributed by atoms with van der Waals surface area (Å²) in [7, 11) is 0. The second-order valence-electron chi connectivity index (χ2n) is 7.94. The molecular weight excluding hydrogens is 456 g/mol. The number of fused-ring (bicyclic) bond motifs is 1. The van der Waals surface area contributed by atoms with Crippen molar-refractivity contribution in [1.82, 2.24) is 9.66 Å². The largest absolute Gasteiger partial charge is 0.378 e. The Hall–Kier alpha value is -2.51. The molecular formula is C24H27BrN4O2. The first-order chi connectivity index (χ1) is 15.0. The maximum absolute atomic E-state index is 13.3. The SMILES string of the molecule is CC[C@@H](C)c1nc2ccc(Br)cc2c(=O)n1N=Cc1ccc(N2CCOCC2)cc1C. The first-order valence-electron chi connectivity index (χ1n) is 10.7. The Labute approximate surface area is 190 Å². The van der Waals surface area contributed by atoms with E-state index in [1.807, 2.05) is 12.1 Å². The Balaban J connectivity index is 1.73. The number of ether oxygens (including phenoxy) is 1. The van der Waals surface area contributed by atoms with E-state index in [1.54, 1.807) is 12.3 Å². The molecule has 1 aliphatic heterocycles. The van der Waals surface area contributed by atoms with E-state index < -0.39 is 0 Å². The molecule has 0 bridgehead atoms. The van der Waals surface area contributed by atoms with Crippen LogP contribution in [-0.2, 0) is 4.74 Å². The number of rotatable bonds is 5. The third-order valence-electron chi connectivity index (χ3n) is 5.83. The van der Waals surface area contributed by atoms with Crippen LogP contribution < -0.4 is 10.5 Å². The summed E-state index contributed by atoms with van der Waals surface area (Å²) in [6.45, 7) is 9.55. The Bertz CT molecular complexity index is 1180. The number of benzene rings is 2. The first kappa shape index (κ1) is 21.7. The summed E-state index contributed by atoms with van der Waals surface area (Å²) in [5, 5.41) is 5.15. The molecule has 7 heteroatoms. The van der Waals surface area contributed by atoms with Crippen LogP contribution in [0.1, 0.15) is 43.1 Å². The highest BCUT2D eigenvalue weighted by Crippen LogP contribution is 2.22. The summed E-state index contributed by atoms with van der Waals surface area (Å²) in [5.74, 6) is 0.795. The fourth-order valence-corrected chi connectivity index (χ4v) is 4.08. The Kier molecular flexibility index (Phi) is 6.53. The van der Waals surface area contributed by atoms with Crippen LogP contribution in [0.15, 0.2) is 50.8 Å². The van der Waals surface area contributed by atoms with Gasteiger partial charge in [0.1, 0.15) is 5.82 Å². The van der Waals surface area contributed by atoms with Crippen LogP contribution in [0.5, 0.6) is 0 Å². The van der Waals surface area contributed by atoms with Crippen molar-refractivity contribution in [3.8, 4) is 0 Å². The number of hydrogen-bond acceptors (Lipinski definition) is 5. The number of aromatic nitrogens is 2. The zero-order valence-electron chi connectivity index (χ0n) is 18.1. The number of anilines is 1. The van der Waals surface area contributed by atoms with Crippen molar-refractivity contribution in [3.05, 3.63) is 68.2 Å². The van der Waals surface area contributed by atoms with Crippen LogP contribution in [0.4, 0.5) is 5.69 Å². The molecule has 1 atom stereocenters. The van der Waals surface area contributed by atoms with Gasteiger partial charge in [0.05, 0.1) is 30.3 Å². The van der Waals surface area contributed by atoms with Crippen molar-refractivity contribution in [2.75, 3.05) is 31.2 Å². The highest BCUT2D eigenvalue weighted by molar-refractivity contribution is 9.10. The molecule has 1 fully saturated rings. The zero-order valence-corrected chi connectivity index (χ0v) is 19.7. The van der Waals surface area contributed by atoms with E-state index in [9.17, 15) is 4.79 Å². The predicted molar refractivity (Wildman–Crippen MR) is 130 cm³/mol. The molecule has 1 saturated heterocycles. The molecule has 0 saturated carbocycles. The van der Waals surface area contributed by atoms with E-state index in [0.717, 1.165) is 48.3 Å². The van der Waals surface area contributed by atoms with Crippen molar-refractivity contribution in [1.29, 1.82) is 0 Å². The third-order valence-corrected chi connectivity index (χ3v) is 6.32. The lowest BCUT2D eigenvalue weighted by molar-refractivity contribution is 0.122. The van der Waals surface area contributed by atoms with Crippen LogP contribution in [-0.4, -0.2) is 42.2 Å². The molecule has 0 spiro atoms. The number of hydrogen-bond donors (Lipinski definition) is 0. The Morgan fingerprint density at radius 3 is 2.71 bits per heavy atom. The fraction of sp³-hybridized carbons (Fsp3) is 0.375. The van der Waals surface area contributed by atoms with Crippen molar-refractivity contribution in [2.45, 2.75) is 33.1 Å². The van der Waals surface area contributed by atoms with Gasteiger partial charge in [-0.25, -0.2) is 4.98 Å². The molecule has 6 nitrogen and oxygen atoms in total. The molecule has 0 unspecified atom stereocenters. The molecule has 0 aliphatic carbocycles. The van der Waals surface area contributed by atoms with Crippen molar-refractivity contribution >= 4 is 38.7 Å². The van der Waals surface area contributed by atoms with E-state index >= 15 is 0 Å². The van der Waals surface area contributed by atoms with Gasteiger partial charge in [-0.1, -0.05) is 35.8 Å². The molecule has 1 aromatic heterocycles. The monoisotopic (exact) mass is 482 g/mol. The van der Waals surface area contributed by atoms with E-state index in [2.05, 4.69) is 64.9 Å². The Morgan fingerprint density at radius 1 is 1.23 bits per heavy atom. The molecule has 1 aliphatic rings. The van der Waals surface area contributed by atoms with Gasteiger partial charge in [-0.05, 0) is 54.8 Å². The maximum atomic E-state index is 13.3. The van der Waals surface area contributed by atoms with Crippen LogP contribution in [0.2, 0.25) is 0 Å². The standard InChI is InChI=1S/C24H27BrN4O2/c1-4-16(2)23-27-22-8-6-19(25)14-21(22)24(30)29(23)26-15-18-5-7-20(13-17(18)3)28-9-11-31-12-10-28/h5-8,13-16H,4,9-12H2,1-3H3/t16-/m1/s1. The first-order valence-corrected chi connectivity index (χ1v) is 11.5. The van der Waals surface area contributed by atoms with Crippen LogP contribution >= 0.6 is 15.9 Å². The summed E-state index contributed by atoms with van der Waals surface area (Å²) >= 11 is 3.45. The number of aryl methyl sites for hydroxylation is 1. The average molecular weight is 483 g/mol. The molecule has 162 valence electrons. The molecule has 0 radical (unpaired) electrons. The van der Waals surface area contributed by atoms with Gasteiger partial charge in [-0.15, -0.1) is 0 Å². The van der Waals surface area contributed by atoms with Crippen molar-refractivity contribution in [2.24, 2.45) is 5.10 Å². The van der Waals surface area contributed by atoms with Gasteiger partial charge in [-0.2, -0.15) is 9.78 Å². The van der Waals surface area contributed by atoms with Crippen molar-refractivity contribution < 1.29 is 4.74 Å². The molecule has 3 aromatic rings. The number of halogens is 1. The summed E-state index contributed by atoms with van der Waals surface area (Å²) in [4.78, 5) is 20.4. The van der Waals surface area contributed by atoms with Gasteiger partial charge in [0, 0.05) is 29.2 Å². The van der Waals surface area contributed by atoms with Crippen LogP contribution in [0.3, 0.4) is 0 Å². The predicted octanol–water partition coefficient (Wildman–Crippen LogP) is 4.70. The summed E-state index contributed by atoms with van der Waals surface area (Å²) in [5.41, 5.74) is 3.82. The van der Waals surface area contributed by atoms with Gasteiger partial charge in [-0.3, -0.25) is 4.79 Å². The Morgan fingerprint density at radius 2 is 2.00 bits per heavy atom. The molecule has 0 N–H and O–H groups in total. The smallest absolute Gasteiger partial charge is 0.282 e. The normalized spacial score (nSPS) is 15.7. The number of morpholine rings is 1. The second kappa shape index (κ2) is 9.32. The van der Waals surface area contributed by atoms with Gasteiger partial charge in [0.15, 0.2) is 0 Å². The van der Waals surface area contributed by atoms with Crippen LogP contribution in [0, 0.1) is 6.92 Å². The van der Waals surface area contributed by atoms with Gasteiger partial charge >= 0.3 is 0 Å². The summed E-state index contributed by atoms with van der Waals surface area (Å²) < 4.78 is 7.75. The maximum Gasteiger partial charge on any atom is 0.282 e. The highest BCUT2D eigenvalue weighted by atomic mass is 79.9. The molecule has 2 heterocycles. The second-order valence-corrected chi connectivity index (χ2v) is 8.86. The van der Waals surface area contributed by atoms with E-state index in [4.69, 9.17) is 9.72 Å². The summed E-state index contributed by atoms with van der Waals surface area (Å²) in [6.07, 6.45) is 2.63.